The molecule has 0 radical (unpaired) electrons. The Labute approximate surface area is 90.1 Å². The molecule has 2 aromatic rings. The molecule has 3 rings (SSSR count). The summed E-state index contributed by atoms with van der Waals surface area (Å²) in [6.45, 7) is 0. The topological polar surface area (TPSA) is 0 Å². The molecule has 0 fully saturated rings. The molecule has 3 heteroatoms. The molecule has 0 amide bonds. The molecule has 0 nitrogen and oxygen atoms in total. The van der Waals surface area contributed by atoms with Gasteiger partial charge in [-0.25, -0.2) is 0 Å². The van der Waals surface area contributed by atoms with Crippen LogP contribution in [0.3, 0.4) is 0 Å². The molecule has 0 saturated heterocycles. The van der Waals surface area contributed by atoms with Crippen molar-refractivity contribution in [3.05, 3.63) is 22.9 Å². The second kappa shape index (κ2) is 2.61. The molecule has 0 unspecified atom stereocenters. The Morgan fingerprint density at radius 2 is 1.38 bits per heavy atom. The summed E-state index contributed by atoms with van der Waals surface area (Å²) in [5.74, 6) is 0. The van der Waals surface area contributed by atoms with Crippen LogP contribution in [0.4, 0.5) is 0 Å². The number of rotatable bonds is 0. The van der Waals surface area contributed by atoms with E-state index in [4.69, 9.17) is 0 Å². The van der Waals surface area contributed by atoms with Crippen molar-refractivity contribution in [1.29, 1.82) is 0 Å². The zero-order valence-corrected chi connectivity index (χ0v) is 12.1. The molecule has 66 valence electrons. The maximum atomic E-state index is 2.53. The first-order valence-electron chi connectivity index (χ1n) is 4.37. The zero-order valence-electron chi connectivity index (χ0n) is 7.63. The van der Waals surface area contributed by atoms with Gasteiger partial charge in [0.1, 0.15) is 0 Å². The van der Waals surface area contributed by atoms with E-state index in [1.807, 2.05) is 22.7 Å². The van der Waals surface area contributed by atoms with Crippen LogP contribution in [-0.4, -0.2) is 18.4 Å². The third-order valence-electron chi connectivity index (χ3n) is 2.88. The first-order valence-corrected chi connectivity index (χ1v) is 14.7. The summed E-state index contributed by atoms with van der Waals surface area (Å²) >= 11 is 1.83. The monoisotopic (exact) mass is 314 g/mol. The van der Waals surface area contributed by atoms with Gasteiger partial charge in [0.05, 0.1) is 0 Å². The van der Waals surface area contributed by atoms with E-state index >= 15 is 0 Å². The van der Waals surface area contributed by atoms with Crippen LogP contribution in [0.5, 0.6) is 0 Å². The van der Waals surface area contributed by atoms with Gasteiger partial charge in [0.25, 0.3) is 0 Å². The Balaban J connectivity index is 2.44. The summed E-state index contributed by atoms with van der Waals surface area (Å²) < 4.78 is 3.45. The Morgan fingerprint density at radius 1 is 0.923 bits per heavy atom. The van der Waals surface area contributed by atoms with E-state index in [1.54, 1.807) is 16.9 Å². The molecule has 0 aliphatic carbocycles. The first kappa shape index (κ1) is 8.50. The van der Waals surface area contributed by atoms with Crippen LogP contribution >= 0.6 is 22.7 Å². The van der Waals surface area contributed by atoms with E-state index < -0.39 is 18.4 Å². The van der Waals surface area contributed by atoms with Gasteiger partial charge in [-0.2, -0.15) is 0 Å². The van der Waals surface area contributed by atoms with E-state index in [9.17, 15) is 0 Å². The number of hydrogen-bond donors (Lipinski definition) is 0. The standard InChI is InChI=1S/C8H4S2.2CH3.Sn/c1-3-7(9-5-1)8-4-2-6-10-8;;;/h1-2,5-6H;2*1H3;. The quantitative estimate of drug-likeness (QED) is 0.656. The second-order valence-corrected chi connectivity index (χ2v) is 18.1. The van der Waals surface area contributed by atoms with E-state index in [-0.39, 0.29) is 0 Å². The molecule has 1 aliphatic heterocycles. The summed E-state index contributed by atoms with van der Waals surface area (Å²) in [7, 11) is 0. The molecular formula is C10H10S2Sn. The molecule has 0 atom stereocenters. The molecule has 0 aromatic carbocycles. The van der Waals surface area contributed by atoms with Crippen molar-refractivity contribution in [2.75, 3.05) is 0 Å². The fourth-order valence-electron chi connectivity index (χ4n) is 2.10. The fraction of sp³-hybridized carbons (Fsp3) is 0.200. The van der Waals surface area contributed by atoms with Gasteiger partial charge in [-0.05, 0) is 0 Å². The van der Waals surface area contributed by atoms with Crippen LogP contribution in [0.1, 0.15) is 0 Å². The van der Waals surface area contributed by atoms with Crippen molar-refractivity contribution in [3.63, 3.8) is 0 Å². The van der Waals surface area contributed by atoms with Gasteiger partial charge in [-0.3, -0.25) is 0 Å². The molecule has 0 N–H and O–H groups in total. The van der Waals surface area contributed by atoms with Crippen LogP contribution in [0, 0.1) is 0 Å². The van der Waals surface area contributed by atoms with Crippen molar-refractivity contribution in [1.82, 2.24) is 0 Å². The number of hydrogen-bond acceptors (Lipinski definition) is 2. The summed E-state index contributed by atoms with van der Waals surface area (Å²) in [6.07, 6.45) is 0. The van der Waals surface area contributed by atoms with Gasteiger partial charge in [-0.1, -0.05) is 0 Å². The SMILES string of the molecule is [CH3][Sn]1([CH3])[c]2ccsc2-c2scc[c]21. The third-order valence-corrected chi connectivity index (χ3v) is 16.0. The van der Waals surface area contributed by atoms with E-state index in [0.29, 0.717) is 0 Å². The van der Waals surface area contributed by atoms with Crippen molar-refractivity contribution in [2.24, 2.45) is 0 Å². The maximum absolute atomic E-state index is 2.53. The summed E-state index contributed by atoms with van der Waals surface area (Å²) in [5, 5.41) is 4.51. The predicted octanol–water partition coefficient (Wildman–Crippen LogP) is 2.61. The van der Waals surface area contributed by atoms with Crippen LogP contribution in [0.25, 0.3) is 9.75 Å². The van der Waals surface area contributed by atoms with Gasteiger partial charge >= 0.3 is 90.7 Å². The van der Waals surface area contributed by atoms with Crippen LogP contribution in [0.15, 0.2) is 22.9 Å². The van der Waals surface area contributed by atoms with Gasteiger partial charge in [0.15, 0.2) is 0 Å². The predicted molar refractivity (Wildman–Crippen MR) is 64.4 cm³/mol. The number of thiophene rings is 2. The molecule has 3 heterocycles. The number of fused-ring (bicyclic) bond motifs is 3. The third kappa shape index (κ3) is 0.968. The minimum atomic E-state index is -2.02. The minimum absolute atomic E-state index is 1.59. The summed E-state index contributed by atoms with van der Waals surface area (Å²) in [4.78, 5) is 8.23. The molecule has 13 heavy (non-hydrogen) atoms. The van der Waals surface area contributed by atoms with Crippen LogP contribution in [-0.2, 0) is 0 Å². The Morgan fingerprint density at radius 3 is 1.85 bits per heavy atom. The Hall–Kier alpha value is 0.199. The average molecular weight is 313 g/mol. The average Bonchev–Trinajstić information content (AvgIpc) is 2.74. The van der Waals surface area contributed by atoms with Crippen molar-refractivity contribution < 1.29 is 0 Å². The summed E-state index contributed by atoms with van der Waals surface area (Å²) in [5.41, 5.74) is 0. The van der Waals surface area contributed by atoms with Gasteiger partial charge < -0.3 is 0 Å². The van der Waals surface area contributed by atoms with Gasteiger partial charge in [0, 0.05) is 0 Å². The molecule has 0 bridgehead atoms. The van der Waals surface area contributed by atoms with E-state index in [2.05, 4.69) is 32.8 Å². The summed E-state index contributed by atoms with van der Waals surface area (Å²) in [6, 6.07) is 4.73. The normalized spacial score (nSPS) is 17.1. The second-order valence-electron chi connectivity index (χ2n) is 3.95. The van der Waals surface area contributed by atoms with Crippen molar-refractivity contribution >= 4 is 48.2 Å². The van der Waals surface area contributed by atoms with E-state index in [0.717, 1.165) is 0 Å². The van der Waals surface area contributed by atoms with Crippen molar-refractivity contribution in [2.45, 2.75) is 9.88 Å². The van der Waals surface area contributed by atoms with Crippen LogP contribution in [0.2, 0.25) is 9.88 Å². The Bertz CT molecular complexity index is 422. The molecule has 0 saturated carbocycles. The van der Waals surface area contributed by atoms with Crippen LogP contribution < -0.4 is 7.16 Å². The zero-order chi connectivity index (χ0) is 9.05. The molecule has 1 aliphatic rings. The molecule has 0 spiro atoms. The van der Waals surface area contributed by atoms with E-state index in [1.165, 1.54) is 0 Å². The molecular weight excluding hydrogens is 303 g/mol. The van der Waals surface area contributed by atoms with Gasteiger partial charge in [-0.15, -0.1) is 0 Å². The Kier molecular flexibility index (Phi) is 1.71. The molecule has 2 aromatic heterocycles. The fourth-order valence-corrected chi connectivity index (χ4v) is 17.2. The van der Waals surface area contributed by atoms with Crippen molar-refractivity contribution in [3.8, 4) is 9.75 Å². The van der Waals surface area contributed by atoms with Gasteiger partial charge in [0.2, 0.25) is 0 Å². The first-order chi connectivity index (χ1) is 6.21.